The number of hydrogen-bond acceptors (Lipinski definition) is 2. The Morgan fingerprint density at radius 2 is 0.678 bits per heavy atom. The second-order valence-corrected chi connectivity index (χ2v) is 24.6. The van der Waals surface area contributed by atoms with Crippen molar-refractivity contribution in [1.29, 1.82) is 0 Å². The van der Waals surface area contributed by atoms with Gasteiger partial charge in [-0.3, -0.25) is 0 Å². The fraction of sp³-hybridized carbons (Fsp3) is 0.106. The van der Waals surface area contributed by atoms with Crippen LogP contribution >= 0.6 is 0 Å². The Bertz CT molecular complexity index is 4930. The molecule has 0 atom stereocenters. The zero-order chi connectivity index (χ0) is 58.5. The van der Waals surface area contributed by atoms with Crippen LogP contribution in [0.2, 0.25) is 0 Å². The fourth-order valence-electron chi connectivity index (χ4n) is 15.5. The van der Waals surface area contributed by atoms with Gasteiger partial charge in [-0.2, -0.15) is 0 Å². The quantitative estimate of drug-likeness (QED) is 0.113. The van der Waals surface area contributed by atoms with E-state index in [2.05, 4.69) is 336 Å². The Kier molecular flexibility index (Phi) is 12.3. The summed E-state index contributed by atoms with van der Waals surface area (Å²) in [5.74, 6) is 0.375. The molecule has 2 aliphatic rings. The van der Waals surface area contributed by atoms with Crippen molar-refractivity contribution >= 4 is 66.4 Å². The lowest BCUT2D eigenvalue weighted by Crippen LogP contribution is -2.29. The molecule has 2 aliphatic carbocycles. The van der Waals surface area contributed by atoms with E-state index >= 15 is 0 Å². The van der Waals surface area contributed by atoms with Crippen molar-refractivity contribution in [2.75, 3.05) is 9.80 Å². The number of fused-ring (bicyclic) bond motifs is 6. The van der Waals surface area contributed by atoms with Gasteiger partial charge < -0.3 is 9.80 Å². The minimum absolute atomic E-state index is 0.375. The summed E-state index contributed by atoms with van der Waals surface area (Å²) < 4.78 is 0. The number of nitrogens with zero attached hydrogens (tertiary/aromatic N) is 2. The SMILES string of the molecule is CCc1cccc(C2(c3cccc(N(c4cccc(C)c4)c4ccc5ccc6c(N(c7cccc(C)c7)c7cccc(C8(c9cccc(C(C)C)c9)c9ccccc9-c9ccccc98)c7)ccc7ccc4c5c76)c3)c3ccccc3-c3ccccc32)c1. The molecule has 0 unspecified atom stereocenters. The van der Waals surface area contributed by atoms with Crippen LogP contribution in [-0.4, -0.2) is 0 Å². The maximum absolute atomic E-state index is 2.52. The van der Waals surface area contributed by atoms with Gasteiger partial charge >= 0.3 is 0 Å². The molecule has 14 aromatic carbocycles. The van der Waals surface area contributed by atoms with Gasteiger partial charge in [0.2, 0.25) is 0 Å². The summed E-state index contributed by atoms with van der Waals surface area (Å²) >= 11 is 0. The molecule has 0 fully saturated rings. The molecule has 2 heteroatoms. The molecule has 0 aliphatic heterocycles. The number of rotatable bonds is 12. The first-order valence-corrected chi connectivity index (χ1v) is 31.0. The zero-order valence-corrected chi connectivity index (χ0v) is 49.9. The normalized spacial score (nSPS) is 13.4. The first-order valence-electron chi connectivity index (χ1n) is 31.0. The predicted octanol–water partition coefficient (Wildman–Crippen LogP) is 22.6. The zero-order valence-electron chi connectivity index (χ0n) is 49.9. The van der Waals surface area contributed by atoms with Gasteiger partial charge in [-0.25, -0.2) is 0 Å². The van der Waals surface area contributed by atoms with Crippen molar-refractivity contribution in [1.82, 2.24) is 0 Å². The first kappa shape index (κ1) is 52.3. The minimum atomic E-state index is -0.569. The van der Waals surface area contributed by atoms with Gasteiger partial charge in [-0.05, 0) is 197 Å². The molecule has 0 N–H and O–H groups in total. The molecule has 0 aromatic heterocycles. The van der Waals surface area contributed by atoms with Crippen molar-refractivity contribution in [3.63, 3.8) is 0 Å². The summed E-state index contributed by atoms with van der Waals surface area (Å²) in [6.07, 6.45) is 0.960. The van der Waals surface area contributed by atoms with Crippen LogP contribution in [0.25, 0.3) is 54.6 Å². The van der Waals surface area contributed by atoms with Crippen molar-refractivity contribution < 1.29 is 0 Å². The van der Waals surface area contributed by atoms with Crippen LogP contribution in [0.3, 0.4) is 0 Å². The third-order valence-electron chi connectivity index (χ3n) is 19.4. The molecule has 0 bridgehead atoms. The highest BCUT2D eigenvalue weighted by molar-refractivity contribution is 6.28. The molecule has 416 valence electrons. The van der Waals surface area contributed by atoms with E-state index in [1.54, 1.807) is 0 Å². The molecule has 0 saturated heterocycles. The summed E-state index contributed by atoms with van der Waals surface area (Å²) in [5, 5.41) is 7.33. The third kappa shape index (κ3) is 7.94. The number of anilines is 6. The monoisotopic (exact) mass is 1110 g/mol. The lowest BCUT2D eigenvalue weighted by Gasteiger charge is -2.36. The van der Waals surface area contributed by atoms with E-state index in [-0.39, 0.29) is 0 Å². The van der Waals surface area contributed by atoms with Gasteiger partial charge in [0.05, 0.1) is 22.2 Å². The highest BCUT2D eigenvalue weighted by atomic mass is 15.2. The second kappa shape index (κ2) is 20.5. The molecule has 16 rings (SSSR count). The summed E-state index contributed by atoms with van der Waals surface area (Å²) in [5.41, 5.74) is 26.1. The van der Waals surface area contributed by atoms with Gasteiger partial charge in [0.15, 0.2) is 0 Å². The number of aryl methyl sites for hydroxylation is 3. The van der Waals surface area contributed by atoms with Gasteiger partial charge in [0.25, 0.3) is 0 Å². The van der Waals surface area contributed by atoms with Crippen LogP contribution in [0, 0.1) is 13.8 Å². The lowest BCUT2D eigenvalue weighted by molar-refractivity contribution is 0.760. The molecule has 2 nitrogen and oxygen atoms in total. The van der Waals surface area contributed by atoms with Crippen LogP contribution < -0.4 is 9.80 Å². The summed E-state index contributed by atoms with van der Waals surface area (Å²) in [6.45, 7) is 11.3. The largest absolute Gasteiger partial charge is 0.310 e. The maximum atomic E-state index is 2.52. The van der Waals surface area contributed by atoms with Crippen molar-refractivity contribution in [3.8, 4) is 22.3 Å². The van der Waals surface area contributed by atoms with E-state index in [4.69, 9.17) is 0 Å². The molecule has 14 aromatic rings. The van der Waals surface area contributed by atoms with Crippen molar-refractivity contribution in [3.05, 3.63) is 358 Å². The number of benzene rings is 14. The molecular formula is C85H66N2. The highest BCUT2D eigenvalue weighted by Crippen LogP contribution is 2.59. The Labute approximate surface area is 511 Å². The molecular weight excluding hydrogens is 1050 g/mol. The van der Waals surface area contributed by atoms with E-state index in [0.29, 0.717) is 5.92 Å². The Morgan fingerprint density at radius 1 is 0.322 bits per heavy atom. The van der Waals surface area contributed by atoms with E-state index in [9.17, 15) is 0 Å². The molecule has 0 amide bonds. The second-order valence-electron chi connectivity index (χ2n) is 24.6. The van der Waals surface area contributed by atoms with Gasteiger partial charge in [-0.15, -0.1) is 0 Å². The topological polar surface area (TPSA) is 6.48 Å². The average molecular weight is 1120 g/mol. The Hall–Kier alpha value is -10.3. The standard InChI is InChI=1S/C85H66N2/c1-6-58-23-17-25-62(51-58)84(76-37-11-7-33-70(76)71-34-8-12-38-77(71)84)64-27-19-31-68(53-64)86(66-29-15-21-56(4)49-66)80-47-43-59-42-46-75-81(48-44-60-41-45-74(80)82(59)83(60)75)87(67-30-16-22-57(5)50-67)69-32-20-28-65(54-69)85(63-26-18-24-61(52-63)55(2)3)78-39-13-9-35-72(78)73-36-10-14-40-79(73)85/h7-55H,6H2,1-5H3. The molecule has 0 heterocycles. The molecule has 0 spiro atoms. The Morgan fingerprint density at radius 3 is 1.09 bits per heavy atom. The minimum Gasteiger partial charge on any atom is -0.310 e. The van der Waals surface area contributed by atoms with Crippen LogP contribution in [0.4, 0.5) is 34.1 Å². The first-order chi connectivity index (χ1) is 42.7. The van der Waals surface area contributed by atoms with Crippen molar-refractivity contribution in [2.45, 2.75) is 57.8 Å². The number of hydrogen-bond donors (Lipinski definition) is 0. The lowest BCUT2D eigenvalue weighted by atomic mass is 9.67. The maximum Gasteiger partial charge on any atom is 0.0714 e. The van der Waals surface area contributed by atoms with E-state index in [0.717, 1.165) is 40.5 Å². The summed E-state index contributed by atoms with van der Waals surface area (Å²) in [4.78, 5) is 5.03. The van der Waals surface area contributed by atoms with E-state index < -0.39 is 10.8 Å². The Balaban J connectivity index is 0.909. The predicted molar refractivity (Wildman–Crippen MR) is 367 cm³/mol. The summed E-state index contributed by atoms with van der Waals surface area (Å²) in [6, 6.07) is 111. The fourth-order valence-corrected chi connectivity index (χ4v) is 15.5. The summed E-state index contributed by atoms with van der Waals surface area (Å²) in [7, 11) is 0. The van der Waals surface area contributed by atoms with Crippen LogP contribution in [0.5, 0.6) is 0 Å². The smallest absolute Gasteiger partial charge is 0.0714 e. The van der Waals surface area contributed by atoms with E-state index in [1.165, 1.54) is 121 Å². The molecule has 87 heavy (non-hydrogen) atoms. The third-order valence-corrected chi connectivity index (χ3v) is 19.4. The van der Waals surface area contributed by atoms with Crippen molar-refractivity contribution in [2.24, 2.45) is 0 Å². The van der Waals surface area contributed by atoms with Gasteiger partial charge in [-0.1, -0.05) is 251 Å². The van der Waals surface area contributed by atoms with E-state index in [1.807, 2.05) is 0 Å². The average Bonchev–Trinajstić information content (AvgIpc) is 1.64. The van der Waals surface area contributed by atoms with Crippen LogP contribution in [-0.2, 0) is 17.3 Å². The van der Waals surface area contributed by atoms with Crippen LogP contribution in [0.1, 0.15) is 93.5 Å². The van der Waals surface area contributed by atoms with Gasteiger partial charge in [0.1, 0.15) is 0 Å². The van der Waals surface area contributed by atoms with Gasteiger partial charge in [0, 0.05) is 33.5 Å². The molecule has 0 radical (unpaired) electrons. The van der Waals surface area contributed by atoms with Crippen LogP contribution in [0.15, 0.2) is 291 Å². The molecule has 0 saturated carbocycles. The highest BCUT2D eigenvalue weighted by Gasteiger charge is 2.48.